The van der Waals surface area contributed by atoms with Crippen molar-refractivity contribution in [1.82, 2.24) is 4.98 Å². The van der Waals surface area contributed by atoms with Gasteiger partial charge in [-0.25, -0.2) is 4.98 Å². The van der Waals surface area contributed by atoms with E-state index in [1.165, 1.54) is 4.88 Å². The molecule has 2 aromatic heterocycles. The molecule has 2 N–H and O–H groups in total. The Morgan fingerprint density at radius 2 is 2.11 bits per heavy atom. The van der Waals surface area contributed by atoms with Gasteiger partial charge in [0.2, 0.25) is 0 Å². The van der Waals surface area contributed by atoms with E-state index in [0.717, 1.165) is 23.6 Å². The fourth-order valence-corrected chi connectivity index (χ4v) is 2.75. The molecule has 0 aliphatic heterocycles. The Morgan fingerprint density at radius 3 is 2.63 bits per heavy atom. The van der Waals surface area contributed by atoms with Crippen LogP contribution >= 0.6 is 11.3 Å². The van der Waals surface area contributed by atoms with Crippen LogP contribution in [0.3, 0.4) is 0 Å². The topological polar surface area (TPSA) is 42.2 Å². The third-order valence-electron chi connectivity index (χ3n) is 3.22. The van der Waals surface area contributed by atoms with Crippen LogP contribution in [0.1, 0.15) is 30.0 Å². The number of rotatable bonds is 5. The van der Waals surface area contributed by atoms with Crippen LogP contribution in [0.15, 0.2) is 29.6 Å². The molecule has 2 heterocycles. The van der Waals surface area contributed by atoms with Crippen molar-refractivity contribution in [2.24, 2.45) is 5.73 Å². The lowest BCUT2D eigenvalue weighted by Crippen LogP contribution is -2.30. The molecule has 0 amide bonds. The molecular formula is C15H21N3S. The SMILES string of the molecule is Cc1nc(N(Cc2cccs2)C(C)C)ccc1CN. The van der Waals surface area contributed by atoms with Gasteiger partial charge in [0.25, 0.3) is 0 Å². The van der Waals surface area contributed by atoms with Crippen molar-refractivity contribution in [2.75, 3.05) is 4.90 Å². The maximum absolute atomic E-state index is 5.69. The standard InChI is InChI=1S/C15H21N3S/c1-11(2)18(10-14-5-4-8-19-14)15-7-6-13(9-16)12(3)17-15/h4-8,11H,9-10,16H2,1-3H3. The van der Waals surface area contributed by atoms with E-state index in [-0.39, 0.29) is 0 Å². The molecule has 3 nitrogen and oxygen atoms in total. The fraction of sp³-hybridized carbons (Fsp3) is 0.400. The first-order valence-electron chi connectivity index (χ1n) is 6.57. The first-order valence-corrected chi connectivity index (χ1v) is 7.45. The van der Waals surface area contributed by atoms with Crippen molar-refractivity contribution in [2.45, 2.75) is 39.9 Å². The van der Waals surface area contributed by atoms with E-state index in [1.807, 2.05) is 6.92 Å². The van der Waals surface area contributed by atoms with Gasteiger partial charge in [0.15, 0.2) is 0 Å². The van der Waals surface area contributed by atoms with Crippen molar-refractivity contribution in [3.8, 4) is 0 Å². The van der Waals surface area contributed by atoms with Crippen molar-refractivity contribution in [1.29, 1.82) is 0 Å². The van der Waals surface area contributed by atoms with Gasteiger partial charge >= 0.3 is 0 Å². The minimum atomic E-state index is 0.415. The lowest BCUT2D eigenvalue weighted by molar-refractivity contribution is 0.675. The van der Waals surface area contributed by atoms with Gasteiger partial charge in [-0.15, -0.1) is 11.3 Å². The minimum Gasteiger partial charge on any atom is -0.349 e. The van der Waals surface area contributed by atoms with Crippen LogP contribution in [0.25, 0.3) is 0 Å². The van der Waals surface area contributed by atoms with Crippen LogP contribution in [0.4, 0.5) is 5.82 Å². The van der Waals surface area contributed by atoms with Crippen molar-refractivity contribution >= 4 is 17.2 Å². The molecule has 0 aliphatic rings. The summed E-state index contributed by atoms with van der Waals surface area (Å²) in [4.78, 5) is 8.37. The number of aromatic nitrogens is 1. The Kier molecular flexibility index (Phi) is 4.56. The molecule has 0 saturated heterocycles. The second-order valence-corrected chi connectivity index (χ2v) is 5.95. The predicted molar refractivity (Wildman–Crippen MR) is 82.5 cm³/mol. The normalized spacial score (nSPS) is 11.0. The molecule has 0 aromatic carbocycles. The highest BCUT2D eigenvalue weighted by molar-refractivity contribution is 7.09. The number of hydrogen-bond donors (Lipinski definition) is 1. The Bertz CT molecular complexity index is 520. The Morgan fingerprint density at radius 1 is 1.32 bits per heavy atom. The van der Waals surface area contributed by atoms with E-state index >= 15 is 0 Å². The molecular weight excluding hydrogens is 254 g/mol. The van der Waals surface area contributed by atoms with Crippen LogP contribution < -0.4 is 10.6 Å². The average Bonchev–Trinajstić information content (AvgIpc) is 2.88. The van der Waals surface area contributed by atoms with Gasteiger partial charge in [0.1, 0.15) is 5.82 Å². The Balaban J connectivity index is 2.26. The summed E-state index contributed by atoms with van der Waals surface area (Å²) < 4.78 is 0. The maximum Gasteiger partial charge on any atom is 0.129 e. The Labute approximate surface area is 119 Å². The summed E-state index contributed by atoms with van der Waals surface area (Å²) in [5.41, 5.74) is 7.83. The zero-order chi connectivity index (χ0) is 13.8. The molecule has 0 radical (unpaired) electrons. The molecule has 0 unspecified atom stereocenters. The van der Waals surface area contributed by atoms with E-state index in [2.05, 4.69) is 48.4 Å². The van der Waals surface area contributed by atoms with Crippen molar-refractivity contribution in [3.63, 3.8) is 0 Å². The molecule has 0 saturated carbocycles. The second kappa shape index (κ2) is 6.17. The molecule has 0 bridgehead atoms. The predicted octanol–water partition coefficient (Wildman–Crippen LogP) is 3.33. The summed E-state index contributed by atoms with van der Waals surface area (Å²) in [6, 6.07) is 8.83. The van der Waals surface area contributed by atoms with Gasteiger partial charge in [-0.3, -0.25) is 0 Å². The Hall–Kier alpha value is -1.39. The molecule has 2 rings (SSSR count). The lowest BCUT2D eigenvalue weighted by atomic mass is 10.2. The van der Waals surface area contributed by atoms with Gasteiger partial charge in [0, 0.05) is 23.2 Å². The molecule has 19 heavy (non-hydrogen) atoms. The third-order valence-corrected chi connectivity index (χ3v) is 4.09. The number of pyridine rings is 1. The highest BCUT2D eigenvalue weighted by Crippen LogP contribution is 2.21. The largest absolute Gasteiger partial charge is 0.349 e. The first kappa shape index (κ1) is 14.0. The zero-order valence-electron chi connectivity index (χ0n) is 11.8. The zero-order valence-corrected chi connectivity index (χ0v) is 12.6. The third kappa shape index (κ3) is 3.33. The van der Waals surface area contributed by atoms with Crippen LogP contribution in [-0.4, -0.2) is 11.0 Å². The first-order chi connectivity index (χ1) is 9.11. The summed E-state index contributed by atoms with van der Waals surface area (Å²) in [5.74, 6) is 1.03. The highest BCUT2D eigenvalue weighted by Gasteiger charge is 2.14. The number of thiophene rings is 1. The number of aryl methyl sites for hydroxylation is 1. The lowest BCUT2D eigenvalue weighted by Gasteiger charge is -2.28. The van der Waals surface area contributed by atoms with E-state index in [9.17, 15) is 0 Å². The molecule has 0 aliphatic carbocycles. The van der Waals surface area contributed by atoms with Gasteiger partial charge in [0.05, 0.1) is 6.54 Å². The van der Waals surface area contributed by atoms with Crippen molar-refractivity contribution < 1.29 is 0 Å². The molecule has 0 spiro atoms. The summed E-state index contributed by atoms with van der Waals surface area (Å²) in [5, 5.41) is 2.12. The summed E-state index contributed by atoms with van der Waals surface area (Å²) in [6.45, 7) is 7.87. The summed E-state index contributed by atoms with van der Waals surface area (Å²) >= 11 is 1.79. The van der Waals surface area contributed by atoms with Crippen LogP contribution in [0.5, 0.6) is 0 Å². The number of anilines is 1. The summed E-state index contributed by atoms with van der Waals surface area (Å²) in [7, 11) is 0. The van der Waals surface area contributed by atoms with Crippen molar-refractivity contribution in [3.05, 3.63) is 45.8 Å². The number of nitrogens with zero attached hydrogens (tertiary/aromatic N) is 2. The van der Waals surface area contributed by atoms with Gasteiger partial charge < -0.3 is 10.6 Å². The minimum absolute atomic E-state index is 0.415. The smallest absolute Gasteiger partial charge is 0.129 e. The van der Waals surface area contributed by atoms with E-state index in [0.29, 0.717) is 12.6 Å². The van der Waals surface area contributed by atoms with E-state index in [1.54, 1.807) is 11.3 Å². The molecule has 4 heteroatoms. The number of nitrogens with two attached hydrogens (primary N) is 1. The van der Waals surface area contributed by atoms with Crippen LogP contribution in [-0.2, 0) is 13.1 Å². The maximum atomic E-state index is 5.69. The molecule has 2 aromatic rings. The molecule has 102 valence electrons. The van der Waals surface area contributed by atoms with E-state index < -0.39 is 0 Å². The number of hydrogen-bond acceptors (Lipinski definition) is 4. The second-order valence-electron chi connectivity index (χ2n) is 4.92. The van der Waals surface area contributed by atoms with Crippen LogP contribution in [0.2, 0.25) is 0 Å². The summed E-state index contributed by atoms with van der Waals surface area (Å²) in [6.07, 6.45) is 0. The molecule has 0 atom stereocenters. The highest BCUT2D eigenvalue weighted by atomic mass is 32.1. The fourth-order valence-electron chi connectivity index (χ4n) is 2.05. The van der Waals surface area contributed by atoms with Crippen LogP contribution in [0, 0.1) is 6.92 Å². The van der Waals surface area contributed by atoms with Gasteiger partial charge in [-0.2, -0.15) is 0 Å². The van der Waals surface area contributed by atoms with Gasteiger partial charge in [-0.1, -0.05) is 12.1 Å². The average molecular weight is 275 g/mol. The van der Waals surface area contributed by atoms with E-state index in [4.69, 9.17) is 10.7 Å². The monoisotopic (exact) mass is 275 g/mol. The van der Waals surface area contributed by atoms with Gasteiger partial charge in [-0.05, 0) is 43.8 Å². The quantitative estimate of drug-likeness (QED) is 0.910. The molecule has 0 fully saturated rings.